The summed E-state index contributed by atoms with van der Waals surface area (Å²) in [7, 11) is 1.91. The molecule has 0 N–H and O–H groups in total. The van der Waals surface area contributed by atoms with E-state index in [0.717, 1.165) is 17.0 Å². The van der Waals surface area contributed by atoms with Crippen LogP contribution in [0.15, 0.2) is 42.6 Å². The van der Waals surface area contributed by atoms with E-state index in [2.05, 4.69) is 22.1 Å². The molecule has 7 heteroatoms. The molecule has 2 aliphatic rings. The summed E-state index contributed by atoms with van der Waals surface area (Å²) in [4.78, 5) is 38.6. The minimum Gasteiger partial charge on any atom is -0.338 e. The molecule has 5 rings (SSSR count). The number of hydrogen-bond acceptors (Lipinski definition) is 4. The zero-order valence-corrected chi connectivity index (χ0v) is 17.4. The molecule has 0 spiro atoms. The van der Waals surface area contributed by atoms with Crippen molar-refractivity contribution in [2.75, 3.05) is 19.6 Å². The van der Waals surface area contributed by atoms with Crippen LogP contribution in [0.25, 0.3) is 11.2 Å². The van der Waals surface area contributed by atoms with Gasteiger partial charge in [0.05, 0.1) is 11.6 Å². The van der Waals surface area contributed by atoms with Crippen molar-refractivity contribution in [2.45, 2.75) is 19.9 Å². The lowest BCUT2D eigenvalue weighted by Gasteiger charge is -2.29. The summed E-state index contributed by atoms with van der Waals surface area (Å²) in [6, 6.07) is 11.9. The third-order valence-electron chi connectivity index (χ3n) is 6.71. The SMILES string of the molecule is CC(=O)N1C[C@H]2CN(C(=O)c3ccnc4c3nc(C)n4C)C[C@H]2[C@H]1c1ccccc1. The van der Waals surface area contributed by atoms with Gasteiger partial charge in [-0.2, -0.15) is 0 Å². The van der Waals surface area contributed by atoms with Gasteiger partial charge in [-0.05, 0) is 18.6 Å². The maximum atomic E-state index is 13.4. The van der Waals surface area contributed by atoms with E-state index in [1.54, 1.807) is 19.2 Å². The number of likely N-dealkylation sites (tertiary alicyclic amines) is 2. The summed E-state index contributed by atoms with van der Waals surface area (Å²) in [6.45, 7) is 5.54. The summed E-state index contributed by atoms with van der Waals surface area (Å²) in [5.74, 6) is 1.44. The fraction of sp³-hybridized carbons (Fsp3) is 0.391. The van der Waals surface area contributed by atoms with Crippen molar-refractivity contribution in [1.82, 2.24) is 24.3 Å². The summed E-state index contributed by atoms with van der Waals surface area (Å²) >= 11 is 0. The summed E-state index contributed by atoms with van der Waals surface area (Å²) in [5.41, 5.74) is 3.12. The molecule has 0 unspecified atom stereocenters. The van der Waals surface area contributed by atoms with Crippen molar-refractivity contribution in [3.05, 3.63) is 59.5 Å². The molecule has 4 heterocycles. The number of amides is 2. The van der Waals surface area contributed by atoms with Crippen LogP contribution in [0.4, 0.5) is 0 Å². The third kappa shape index (κ3) is 2.80. The van der Waals surface area contributed by atoms with Gasteiger partial charge in [0.25, 0.3) is 5.91 Å². The van der Waals surface area contributed by atoms with Crippen LogP contribution >= 0.6 is 0 Å². The van der Waals surface area contributed by atoms with E-state index in [9.17, 15) is 9.59 Å². The number of imidazole rings is 1. The minimum absolute atomic E-state index is 0.00362. The Hall–Kier alpha value is -3.22. The molecule has 30 heavy (non-hydrogen) atoms. The topological polar surface area (TPSA) is 71.3 Å². The van der Waals surface area contributed by atoms with Gasteiger partial charge in [0.1, 0.15) is 11.3 Å². The van der Waals surface area contributed by atoms with E-state index in [-0.39, 0.29) is 29.7 Å². The number of aromatic nitrogens is 3. The van der Waals surface area contributed by atoms with Crippen LogP contribution in [0.3, 0.4) is 0 Å². The van der Waals surface area contributed by atoms with Crippen LogP contribution in [0.5, 0.6) is 0 Å². The van der Waals surface area contributed by atoms with Gasteiger partial charge in [0.15, 0.2) is 5.65 Å². The molecule has 154 valence electrons. The van der Waals surface area contributed by atoms with Crippen LogP contribution < -0.4 is 0 Å². The van der Waals surface area contributed by atoms with Gasteiger partial charge in [0.2, 0.25) is 5.91 Å². The van der Waals surface area contributed by atoms with Crippen LogP contribution in [-0.2, 0) is 11.8 Å². The van der Waals surface area contributed by atoms with Gasteiger partial charge in [-0.1, -0.05) is 30.3 Å². The van der Waals surface area contributed by atoms with Gasteiger partial charge < -0.3 is 14.4 Å². The van der Waals surface area contributed by atoms with Crippen molar-refractivity contribution < 1.29 is 9.59 Å². The Morgan fingerprint density at radius 3 is 2.57 bits per heavy atom. The second-order valence-electron chi connectivity index (χ2n) is 8.41. The largest absolute Gasteiger partial charge is 0.338 e. The molecule has 0 saturated carbocycles. The average molecular weight is 403 g/mol. The van der Waals surface area contributed by atoms with Crippen LogP contribution in [-0.4, -0.2) is 55.8 Å². The number of pyridine rings is 1. The molecule has 2 aromatic heterocycles. The number of fused-ring (bicyclic) bond motifs is 2. The molecular formula is C23H25N5O2. The lowest BCUT2D eigenvalue weighted by atomic mass is 9.89. The first-order chi connectivity index (χ1) is 14.5. The molecule has 1 aromatic carbocycles. The second kappa shape index (κ2) is 6.93. The van der Waals surface area contributed by atoms with Gasteiger partial charge in [0, 0.05) is 51.6 Å². The van der Waals surface area contributed by atoms with E-state index < -0.39 is 0 Å². The number of aryl methyl sites for hydroxylation is 2. The number of rotatable bonds is 2. The van der Waals surface area contributed by atoms with Crippen LogP contribution in [0.1, 0.15) is 34.7 Å². The molecule has 2 fully saturated rings. The molecule has 2 amide bonds. The number of carbonyl (C=O) groups excluding carboxylic acids is 2. The Kier molecular flexibility index (Phi) is 4.34. The molecule has 0 radical (unpaired) electrons. The van der Waals surface area contributed by atoms with E-state index in [0.29, 0.717) is 30.7 Å². The highest BCUT2D eigenvalue weighted by Gasteiger charge is 2.49. The van der Waals surface area contributed by atoms with E-state index >= 15 is 0 Å². The molecule has 3 aromatic rings. The quantitative estimate of drug-likeness (QED) is 0.659. The van der Waals surface area contributed by atoms with Crippen molar-refractivity contribution in [3.8, 4) is 0 Å². The molecule has 7 nitrogen and oxygen atoms in total. The van der Waals surface area contributed by atoms with Crippen molar-refractivity contribution in [1.29, 1.82) is 0 Å². The molecule has 0 bridgehead atoms. The Bertz CT molecular complexity index is 1140. The number of nitrogens with zero attached hydrogens (tertiary/aromatic N) is 5. The highest BCUT2D eigenvalue weighted by atomic mass is 16.2. The summed E-state index contributed by atoms with van der Waals surface area (Å²) < 4.78 is 1.90. The highest BCUT2D eigenvalue weighted by Crippen LogP contribution is 2.45. The predicted octanol–water partition coefficient (Wildman–Crippen LogP) is 2.57. The standard InChI is InChI=1S/C23H25N5O2/c1-14-25-20-18(9-10-24-22(20)26(14)3)23(30)27-11-17-12-28(15(2)29)21(19(17)13-27)16-7-5-4-6-8-16/h4-10,17,19,21H,11-13H2,1-3H3/t17-,19-,21-/m1/s1. The van der Waals surface area contributed by atoms with E-state index in [1.807, 2.05) is 46.5 Å². The monoisotopic (exact) mass is 403 g/mol. The zero-order valence-electron chi connectivity index (χ0n) is 17.4. The average Bonchev–Trinajstić information content (AvgIpc) is 3.39. The van der Waals surface area contributed by atoms with Gasteiger partial charge >= 0.3 is 0 Å². The number of carbonyl (C=O) groups is 2. The van der Waals surface area contributed by atoms with Crippen molar-refractivity contribution in [2.24, 2.45) is 18.9 Å². The lowest BCUT2D eigenvalue weighted by molar-refractivity contribution is -0.130. The number of hydrogen-bond donors (Lipinski definition) is 0. The first-order valence-electron chi connectivity index (χ1n) is 10.3. The van der Waals surface area contributed by atoms with Gasteiger partial charge in [-0.3, -0.25) is 9.59 Å². The van der Waals surface area contributed by atoms with Crippen molar-refractivity contribution in [3.63, 3.8) is 0 Å². The van der Waals surface area contributed by atoms with Crippen LogP contribution in [0.2, 0.25) is 0 Å². The summed E-state index contributed by atoms with van der Waals surface area (Å²) in [5, 5.41) is 0. The van der Waals surface area contributed by atoms with E-state index in [4.69, 9.17) is 0 Å². The highest BCUT2D eigenvalue weighted by molar-refractivity contribution is 6.04. The molecule has 3 atom stereocenters. The fourth-order valence-corrected chi connectivity index (χ4v) is 5.14. The van der Waals surface area contributed by atoms with Crippen molar-refractivity contribution >= 4 is 23.0 Å². The zero-order chi connectivity index (χ0) is 21.0. The molecule has 0 aliphatic carbocycles. The van der Waals surface area contributed by atoms with Gasteiger partial charge in [-0.25, -0.2) is 9.97 Å². The smallest absolute Gasteiger partial charge is 0.256 e. The number of benzene rings is 1. The minimum atomic E-state index is -0.00362. The Morgan fingerprint density at radius 2 is 1.83 bits per heavy atom. The molecule has 2 aliphatic heterocycles. The Balaban J connectivity index is 1.45. The summed E-state index contributed by atoms with van der Waals surface area (Å²) in [6.07, 6.45) is 1.68. The fourth-order valence-electron chi connectivity index (χ4n) is 5.14. The molecular weight excluding hydrogens is 378 g/mol. The predicted molar refractivity (Wildman–Crippen MR) is 113 cm³/mol. The Morgan fingerprint density at radius 1 is 1.07 bits per heavy atom. The van der Waals surface area contributed by atoms with Crippen LogP contribution in [0, 0.1) is 18.8 Å². The molecule has 2 saturated heterocycles. The lowest BCUT2D eigenvalue weighted by Crippen LogP contribution is -2.36. The normalized spacial score (nSPS) is 23.2. The van der Waals surface area contributed by atoms with E-state index in [1.165, 1.54) is 0 Å². The Labute approximate surface area is 175 Å². The maximum Gasteiger partial charge on any atom is 0.256 e. The first-order valence-corrected chi connectivity index (χ1v) is 10.3. The maximum absolute atomic E-state index is 13.4. The third-order valence-corrected chi connectivity index (χ3v) is 6.71. The van der Waals surface area contributed by atoms with Gasteiger partial charge in [-0.15, -0.1) is 0 Å². The second-order valence-corrected chi connectivity index (χ2v) is 8.41. The first kappa shape index (κ1) is 18.8.